The molecule has 0 radical (unpaired) electrons. The number of amides is 1. The summed E-state index contributed by atoms with van der Waals surface area (Å²) in [7, 11) is 0. The first-order valence-electron chi connectivity index (χ1n) is 6.54. The summed E-state index contributed by atoms with van der Waals surface area (Å²) in [5, 5.41) is 0. The second-order valence-electron chi connectivity index (χ2n) is 5.86. The summed E-state index contributed by atoms with van der Waals surface area (Å²) in [6.07, 6.45) is 4.37. The molecule has 19 heavy (non-hydrogen) atoms. The number of nitrogens with zero attached hydrogens (tertiary/aromatic N) is 1. The van der Waals surface area contributed by atoms with Crippen LogP contribution in [0.25, 0.3) is 0 Å². The summed E-state index contributed by atoms with van der Waals surface area (Å²) in [4.78, 5) is 13.4. The largest absolute Gasteiger partial charge is 0.369 e. The van der Waals surface area contributed by atoms with Crippen LogP contribution in [0, 0.1) is 5.92 Å². The zero-order chi connectivity index (χ0) is 14.4. The number of rotatable bonds is 2. The fourth-order valence-electron chi connectivity index (χ4n) is 2.70. The summed E-state index contributed by atoms with van der Waals surface area (Å²) in [5.41, 5.74) is 7.06. The molecule has 3 atom stereocenters. The molecule has 0 spiro atoms. The van der Waals surface area contributed by atoms with Crippen molar-refractivity contribution >= 4 is 5.91 Å². The molecule has 0 aromatic rings. The Bertz CT molecular complexity index is 490. The maximum Gasteiger partial charge on any atom is 0.228 e. The molecule has 0 aromatic heterocycles. The van der Waals surface area contributed by atoms with Gasteiger partial charge in [-0.25, -0.2) is 4.39 Å². The number of nitrogens with two attached hydrogens (primary N) is 1. The number of carbonyl (C=O) groups excluding carboxylic acids is 1. The molecule has 0 aromatic carbocycles. The molecule has 1 heterocycles. The van der Waals surface area contributed by atoms with Crippen molar-refractivity contribution < 1.29 is 9.18 Å². The van der Waals surface area contributed by atoms with Crippen molar-refractivity contribution in [1.29, 1.82) is 0 Å². The normalized spacial score (nSPS) is 35.2. The van der Waals surface area contributed by atoms with Crippen LogP contribution in [0.3, 0.4) is 0 Å². The van der Waals surface area contributed by atoms with Crippen LogP contribution in [0.4, 0.5) is 4.39 Å². The highest BCUT2D eigenvalue weighted by Crippen LogP contribution is 2.39. The third-order valence-corrected chi connectivity index (χ3v) is 4.11. The summed E-state index contributed by atoms with van der Waals surface area (Å²) in [6.45, 7) is 9.80. The van der Waals surface area contributed by atoms with Gasteiger partial charge >= 0.3 is 0 Å². The smallest absolute Gasteiger partial charge is 0.228 e. The Hall–Kier alpha value is -1.58. The van der Waals surface area contributed by atoms with Gasteiger partial charge in [-0.1, -0.05) is 18.2 Å². The van der Waals surface area contributed by atoms with Crippen molar-refractivity contribution in [2.75, 3.05) is 6.54 Å². The van der Waals surface area contributed by atoms with Crippen LogP contribution in [-0.4, -0.2) is 29.1 Å². The molecule has 1 aliphatic carbocycles. The number of hydrogen-bond acceptors (Lipinski definition) is 2. The van der Waals surface area contributed by atoms with Crippen LogP contribution < -0.4 is 5.73 Å². The van der Waals surface area contributed by atoms with Crippen LogP contribution in [-0.2, 0) is 4.79 Å². The van der Waals surface area contributed by atoms with Gasteiger partial charge in [0.25, 0.3) is 0 Å². The maximum atomic E-state index is 14.0. The van der Waals surface area contributed by atoms with E-state index in [4.69, 9.17) is 5.73 Å². The molecule has 3 unspecified atom stereocenters. The van der Waals surface area contributed by atoms with Gasteiger partial charge < -0.3 is 10.6 Å². The molecule has 1 saturated heterocycles. The molecule has 2 aliphatic rings. The molecule has 104 valence electrons. The Balaban J connectivity index is 2.29. The average molecular weight is 264 g/mol. The van der Waals surface area contributed by atoms with E-state index in [0.717, 1.165) is 16.8 Å². The van der Waals surface area contributed by atoms with Crippen molar-refractivity contribution in [3.05, 3.63) is 35.6 Å². The SMILES string of the molecule is C=C1CC(C)=CC(C(N)=O)C=C1N1CC(C)(F)C1C. The van der Waals surface area contributed by atoms with E-state index >= 15 is 0 Å². The Labute approximate surface area is 113 Å². The number of carbonyl (C=O) groups is 1. The lowest BCUT2D eigenvalue weighted by Gasteiger charge is -2.52. The molecule has 1 amide bonds. The van der Waals surface area contributed by atoms with E-state index in [9.17, 15) is 9.18 Å². The number of allylic oxidation sites excluding steroid dienone is 2. The van der Waals surface area contributed by atoms with Crippen LogP contribution in [0.15, 0.2) is 35.6 Å². The fourth-order valence-corrected chi connectivity index (χ4v) is 2.70. The molecule has 3 nitrogen and oxygen atoms in total. The predicted molar refractivity (Wildman–Crippen MR) is 74.0 cm³/mol. The second-order valence-corrected chi connectivity index (χ2v) is 5.86. The third kappa shape index (κ3) is 2.44. The lowest BCUT2D eigenvalue weighted by atomic mass is 9.86. The highest BCUT2D eigenvalue weighted by molar-refractivity contribution is 5.81. The summed E-state index contributed by atoms with van der Waals surface area (Å²) < 4.78 is 14.0. The van der Waals surface area contributed by atoms with Crippen LogP contribution in [0.2, 0.25) is 0 Å². The van der Waals surface area contributed by atoms with Crippen molar-refractivity contribution in [3.63, 3.8) is 0 Å². The maximum absolute atomic E-state index is 14.0. The second kappa shape index (κ2) is 4.51. The molecule has 0 bridgehead atoms. The van der Waals surface area contributed by atoms with Crippen LogP contribution in [0.5, 0.6) is 0 Å². The van der Waals surface area contributed by atoms with Crippen molar-refractivity contribution in [2.24, 2.45) is 11.7 Å². The first-order valence-corrected chi connectivity index (χ1v) is 6.54. The van der Waals surface area contributed by atoms with Crippen molar-refractivity contribution in [3.8, 4) is 0 Å². The van der Waals surface area contributed by atoms with E-state index in [1.807, 2.05) is 30.9 Å². The van der Waals surface area contributed by atoms with Gasteiger partial charge in [-0.15, -0.1) is 0 Å². The lowest BCUT2D eigenvalue weighted by molar-refractivity contribution is -0.119. The van der Waals surface area contributed by atoms with Gasteiger partial charge in [0.1, 0.15) is 5.67 Å². The number of halogens is 1. The highest BCUT2D eigenvalue weighted by Gasteiger charge is 2.48. The van der Waals surface area contributed by atoms with E-state index in [-0.39, 0.29) is 11.9 Å². The summed E-state index contributed by atoms with van der Waals surface area (Å²) in [5.74, 6) is -0.823. The van der Waals surface area contributed by atoms with Gasteiger partial charge in [-0.2, -0.15) is 0 Å². The molecule has 4 heteroatoms. The van der Waals surface area contributed by atoms with E-state index in [2.05, 4.69) is 6.58 Å². The zero-order valence-corrected chi connectivity index (χ0v) is 11.7. The fraction of sp³-hybridized carbons (Fsp3) is 0.533. The van der Waals surface area contributed by atoms with Gasteiger partial charge in [0.2, 0.25) is 5.91 Å². The van der Waals surface area contributed by atoms with E-state index in [1.165, 1.54) is 0 Å². The molecular weight excluding hydrogens is 243 g/mol. The quantitative estimate of drug-likeness (QED) is 0.778. The number of alkyl halides is 1. The van der Waals surface area contributed by atoms with Gasteiger partial charge in [-0.05, 0) is 38.8 Å². The first-order chi connectivity index (χ1) is 8.72. The minimum atomic E-state index is -1.18. The Kier molecular flexibility index (Phi) is 3.29. The van der Waals surface area contributed by atoms with Gasteiger partial charge in [0.15, 0.2) is 0 Å². The Morgan fingerprint density at radius 1 is 1.58 bits per heavy atom. The van der Waals surface area contributed by atoms with Gasteiger partial charge in [0.05, 0.1) is 18.5 Å². The molecule has 1 aliphatic heterocycles. The predicted octanol–water partition coefficient (Wildman–Crippen LogP) is 2.31. The zero-order valence-electron chi connectivity index (χ0n) is 11.7. The molecule has 1 fully saturated rings. The monoisotopic (exact) mass is 264 g/mol. The Morgan fingerprint density at radius 2 is 2.21 bits per heavy atom. The molecule has 0 saturated carbocycles. The Morgan fingerprint density at radius 3 is 2.68 bits per heavy atom. The first kappa shape index (κ1) is 13.8. The summed E-state index contributed by atoms with van der Waals surface area (Å²) >= 11 is 0. The molecule has 2 N–H and O–H groups in total. The van der Waals surface area contributed by atoms with Crippen molar-refractivity contribution in [1.82, 2.24) is 4.90 Å². The molecular formula is C15H21FN2O. The van der Waals surface area contributed by atoms with E-state index in [0.29, 0.717) is 13.0 Å². The van der Waals surface area contributed by atoms with Crippen LogP contribution >= 0.6 is 0 Å². The van der Waals surface area contributed by atoms with Gasteiger partial charge in [0, 0.05) is 5.70 Å². The standard InChI is InChI=1S/C15H21FN2O/c1-9-5-10(2)13(7-12(6-9)14(17)19)18-8-15(4,16)11(18)3/h6-7,11-12H,2,5,8H2,1,3-4H3,(H2,17,19). The minimum absolute atomic E-state index is 0.206. The number of primary amides is 1. The van der Waals surface area contributed by atoms with E-state index in [1.54, 1.807) is 6.92 Å². The topological polar surface area (TPSA) is 46.3 Å². The minimum Gasteiger partial charge on any atom is -0.369 e. The highest BCUT2D eigenvalue weighted by atomic mass is 19.1. The molecule has 2 rings (SSSR count). The van der Waals surface area contributed by atoms with Crippen LogP contribution in [0.1, 0.15) is 27.2 Å². The number of hydrogen-bond donors (Lipinski definition) is 1. The lowest BCUT2D eigenvalue weighted by Crippen LogP contribution is -2.63. The third-order valence-electron chi connectivity index (χ3n) is 4.11. The average Bonchev–Trinajstić information content (AvgIpc) is 2.44. The number of likely N-dealkylation sites (tertiary alicyclic amines) is 1. The van der Waals surface area contributed by atoms with Crippen molar-refractivity contribution in [2.45, 2.75) is 38.9 Å². The summed E-state index contributed by atoms with van der Waals surface area (Å²) in [6, 6.07) is -0.206. The van der Waals surface area contributed by atoms with E-state index < -0.39 is 11.6 Å². The van der Waals surface area contributed by atoms with Gasteiger partial charge in [-0.3, -0.25) is 4.79 Å².